The molecule has 21 heavy (non-hydrogen) atoms. The van der Waals surface area contributed by atoms with E-state index in [9.17, 15) is 8.42 Å². The first-order valence-electron chi connectivity index (χ1n) is 6.87. The maximum absolute atomic E-state index is 12.6. The maximum atomic E-state index is 12.6. The van der Waals surface area contributed by atoms with Crippen molar-refractivity contribution in [2.75, 3.05) is 12.4 Å². The van der Waals surface area contributed by atoms with Crippen molar-refractivity contribution in [2.45, 2.75) is 24.7 Å². The molecule has 4 nitrogen and oxygen atoms in total. The minimum absolute atomic E-state index is 0.0482. The van der Waals surface area contributed by atoms with Crippen LogP contribution in [0.5, 0.6) is 0 Å². The van der Waals surface area contributed by atoms with Gasteiger partial charge in [-0.25, -0.2) is 13.1 Å². The number of benzene rings is 1. The van der Waals surface area contributed by atoms with Crippen molar-refractivity contribution in [1.82, 2.24) is 9.71 Å². The zero-order valence-corrected chi connectivity index (χ0v) is 13.3. The molecule has 0 amide bonds. The molecule has 0 saturated heterocycles. The molecular weight excluding hydrogens is 308 g/mol. The molecule has 2 aromatic rings. The zero-order chi connectivity index (χ0) is 15.1. The van der Waals surface area contributed by atoms with Crippen molar-refractivity contribution in [2.24, 2.45) is 5.41 Å². The lowest BCUT2D eigenvalue weighted by molar-refractivity contribution is 0.535. The quantitative estimate of drug-likeness (QED) is 0.860. The zero-order valence-electron chi connectivity index (χ0n) is 11.8. The number of pyridine rings is 1. The molecule has 0 bridgehead atoms. The molecule has 1 aromatic carbocycles. The number of halogens is 1. The van der Waals surface area contributed by atoms with Crippen molar-refractivity contribution < 1.29 is 8.42 Å². The molecule has 1 saturated carbocycles. The van der Waals surface area contributed by atoms with Crippen LogP contribution in [0.2, 0.25) is 0 Å². The molecular formula is C15H17ClN2O2S. The van der Waals surface area contributed by atoms with Gasteiger partial charge in [0.2, 0.25) is 10.0 Å². The summed E-state index contributed by atoms with van der Waals surface area (Å²) in [5, 5.41) is 0.653. The third kappa shape index (κ3) is 2.78. The van der Waals surface area contributed by atoms with Gasteiger partial charge in [-0.2, -0.15) is 0 Å². The number of aromatic nitrogens is 1. The number of alkyl halides is 1. The van der Waals surface area contributed by atoms with Gasteiger partial charge in [0.05, 0.1) is 10.4 Å². The molecule has 0 aliphatic heterocycles. The first-order valence-corrected chi connectivity index (χ1v) is 8.89. The van der Waals surface area contributed by atoms with Crippen molar-refractivity contribution in [3.63, 3.8) is 0 Å². The van der Waals surface area contributed by atoms with Crippen LogP contribution in [0.15, 0.2) is 35.4 Å². The Hall–Kier alpha value is -1.17. The molecule has 112 valence electrons. The van der Waals surface area contributed by atoms with E-state index in [2.05, 4.69) is 9.71 Å². The highest BCUT2D eigenvalue weighted by Crippen LogP contribution is 2.46. The van der Waals surface area contributed by atoms with Crippen molar-refractivity contribution in [3.05, 3.63) is 36.0 Å². The van der Waals surface area contributed by atoms with Crippen LogP contribution in [0.4, 0.5) is 0 Å². The lowest BCUT2D eigenvalue weighted by atomic mass is 10.1. The molecule has 6 heteroatoms. The van der Waals surface area contributed by atoms with Gasteiger partial charge in [-0.1, -0.05) is 6.07 Å². The highest BCUT2D eigenvalue weighted by atomic mass is 35.5. The van der Waals surface area contributed by atoms with Gasteiger partial charge in [-0.05, 0) is 48.9 Å². The molecule has 0 unspecified atom stereocenters. The van der Waals surface area contributed by atoms with E-state index in [1.54, 1.807) is 30.5 Å². The summed E-state index contributed by atoms with van der Waals surface area (Å²) in [6.45, 7) is 2.32. The number of sulfonamides is 1. The third-order valence-electron chi connectivity index (χ3n) is 4.10. The standard InChI is InChI=1S/C15H17ClN2O2S/c1-11-4-5-13(12-3-2-8-17-14(11)12)21(19,20)18-10-15(9-16)6-7-15/h2-5,8,18H,6-7,9-10H2,1H3. The lowest BCUT2D eigenvalue weighted by Crippen LogP contribution is -2.31. The van der Waals surface area contributed by atoms with Gasteiger partial charge < -0.3 is 0 Å². The molecule has 0 spiro atoms. The Morgan fingerprint density at radius 1 is 1.33 bits per heavy atom. The van der Waals surface area contributed by atoms with E-state index in [0.29, 0.717) is 17.8 Å². The summed E-state index contributed by atoms with van der Waals surface area (Å²) in [6.07, 6.45) is 3.64. The van der Waals surface area contributed by atoms with Crippen LogP contribution in [0.25, 0.3) is 10.9 Å². The van der Waals surface area contributed by atoms with E-state index in [0.717, 1.165) is 23.9 Å². The Kier molecular flexibility index (Phi) is 3.67. The molecule has 1 N–H and O–H groups in total. The fourth-order valence-corrected chi connectivity index (χ4v) is 4.10. The summed E-state index contributed by atoms with van der Waals surface area (Å²) in [4.78, 5) is 4.56. The third-order valence-corrected chi connectivity index (χ3v) is 6.13. The van der Waals surface area contributed by atoms with Crippen LogP contribution in [0.3, 0.4) is 0 Å². The van der Waals surface area contributed by atoms with E-state index in [1.807, 2.05) is 6.92 Å². The minimum atomic E-state index is -3.56. The minimum Gasteiger partial charge on any atom is -0.256 e. The molecule has 0 radical (unpaired) electrons. The number of hydrogen-bond donors (Lipinski definition) is 1. The van der Waals surface area contributed by atoms with E-state index in [-0.39, 0.29) is 10.3 Å². The summed E-state index contributed by atoms with van der Waals surface area (Å²) in [6, 6.07) is 6.97. The van der Waals surface area contributed by atoms with Crippen LogP contribution < -0.4 is 4.72 Å². The SMILES string of the molecule is Cc1ccc(S(=O)(=O)NCC2(CCl)CC2)c2cccnc12. The second-order valence-electron chi connectivity index (χ2n) is 5.74. The Labute approximate surface area is 129 Å². The highest BCUT2D eigenvalue weighted by Gasteiger charge is 2.42. The predicted molar refractivity (Wildman–Crippen MR) is 84.1 cm³/mol. The summed E-state index contributed by atoms with van der Waals surface area (Å²) < 4.78 is 27.8. The van der Waals surface area contributed by atoms with Gasteiger partial charge in [-0.3, -0.25) is 4.98 Å². The molecule has 1 aliphatic rings. The largest absolute Gasteiger partial charge is 0.256 e. The second kappa shape index (κ2) is 5.23. The van der Waals surface area contributed by atoms with E-state index in [1.165, 1.54) is 0 Å². The highest BCUT2D eigenvalue weighted by molar-refractivity contribution is 7.89. The Morgan fingerprint density at radius 2 is 2.10 bits per heavy atom. The van der Waals surface area contributed by atoms with Crippen LogP contribution in [0.1, 0.15) is 18.4 Å². The molecule has 1 aliphatic carbocycles. The maximum Gasteiger partial charge on any atom is 0.241 e. The predicted octanol–water partition coefficient (Wildman–Crippen LogP) is 2.84. The van der Waals surface area contributed by atoms with Gasteiger partial charge in [0.15, 0.2) is 0 Å². The molecule has 1 fully saturated rings. The second-order valence-corrected chi connectivity index (χ2v) is 7.74. The van der Waals surface area contributed by atoms with Gasteiger partial charge in [0.1, 0.15) is 0 Å². The Morgan fingerprint density at radius 3 is 2.76 bits per heavy atom. The summed E-state index contributed by atoms with van der Waals surface area (Å²) in [5.41, 5.74) is 1.63. The molecule has 1 aromatic heterocycles. The molecule has 0 atom stereocenters. The first-order chi connectivity index (χ1) is 9.97. The average molecular weight is 325 g/mol. The summed E-state index contributed by atoms with van der Waals surface area (Å²) in [5.74, 6) is 0.492. The fourth-order valence-electron chi connectivity index (χ4n) is 2.38. The number of fused-ring (bicyclic) bond motifs is 1. The summed E-state index contributed by atoms with van der Waals surface area (Å²) >= 11 is 5.90. The number of nitrogens with one attached hydrogen (secondary N) is 1. The molecule has 3 rings (SSSR count). The van der Waals surface area contributed by atoms with Crippen molar-refractivity contribution in [1.29, 1.82) is 0 Å². The van der Waals surface area contributed by atoms with Gasteiger partial charge in [0, 0.05) is 24.0 Å². The topological polar surface area (TPSA) is 59.1 Å². The number of aryl methyl sites for hydroxylation is 1. The Balaban J connectivity index is 1.97. The van der Waals surface area contributed by atoms with Crippen LogP contribution in [-0.2, 0) is 10.0 Å². The van der Waals surface area contributed by atoms with E-state index in [4.69, 9.17) is 11.6 Å². The van der Waals surface area contributed by atoms with Crippen LogP contribution >= 0.6 is 11.6 Å². The number of rotatable bonds is 5. The molecule has 1 heterocycles. The van der Waals surface area contributed by atoms with Crippen molar-refractivity contribution in [3.8, 4) is 0 Å². The van der Waals surface area contributed by atoms with Gasteiger partial charge in [-0.15, -0.1) is 11.6 Å². The lowest BCUT2D eigenvalue weighted by Gasteiger charge is -2.14. The van der Waals surface area contributed by atoms with Crippen molar-refractivity contribution >= 4 is 32.5 Å². The Bertz CT molecular complexity index is 785. The van der Waals surface area contributed by atoms with Crippen LogP contribution in [-0.4, -0.2) is 25.8 Å². The normalized spacial score (nSPS) is 17.0. The smallest absolute Gasteiger partial charge is 0.241 e. The number of nitrogens with zero attached hydrogens (tertiary/aromatic N) is 1. The fraction of sp³-hybridized carbons (Fsp3) is 0.400. The first kappa shape index (κ1) is 14.8. The van der Waals surface area contributed by atoms with E-state index >= 15 is 0 Å². The van der Waals surface area contributed by atoms with Crippen LogP contribution in [0, 0.1) is 12.3 Å². The monoisotopic (exact) mass is 324 g/mol. The van der Waals surface area contributed by atoms with E-state index < -0.39 is 10.0 Å². The van der Waals surface area contributed by atoms with Gasteiger partial charge in [0.25, 0.3) is 0 Å². The number of hydrogen-bond acceptors (Lipinski definition) is 3. The summed E-state index contributed by atoms with van der Waals surface area (Å²) in [7, 11) is -3.56. The average Bonchev–Trinajstić information content (AvgIpc) is 3.26. The van der Waals surface area contributed by atoms with Gasteiger partial charge >= 0.3 is 0 Å².